The van der Waals surface area contributed by atoms with E-state index in [1.807, 2.05) is 36.4 Å². The van der Waals surface area contributed by atoms with Gasteiger partial charge in [-0.2, -0.15) is 5.10 Å². The van der Waals surface area contributed by atoms with Crippen LogP contribution in [0.1, 0.15) is 5.56 Å². The zero-order chi connectivity index (χ0) is 15.5. The number of benzene rings is 2. The second kappa shape index (κ2) is 7.36. The van der Waals surface area contributed by atoms with Crippen LogP contribution in [0.2, 0.25) is 0 Å². The molecule has 2 N–H and O–H groups in total. The molecular weight excluding hydrogens is 338 g/mol. The minimum Gasteiger partial charge on any atom is -0.267 e. The Balaban J connectivity index is 0.00000192. The van der Waals surface area contributed by atoms with Gasteiger partial charge in [0.25, 0.3) is 5.56 Å². The molecule has 0 aliphatic carbocycles. The summed E-state index contributed by atoms with van der Waals surface area (Å²) in [7, 11) is -2.60. The van der Waals surface area contributed by atoms with Crippen LogP contribution >= 0.6 is 12.4 Å². The molecule has 23 heavy (non-hydrogen) atoms. The molecule has 0 unspecified atom stereocenters. The molecule has 0 fully saturated rings. The smallest absolute Gasteiger partial charge is 0.267 e. The maximum absolute atomic E-state index is 11.8. The fourth-order valence-corrected chi connectivity index (χ4v) is 2.58. The van der Waals surface area contributed by atoms with E-state index in [0.717, 1.165) is 16.5 Å². The molecule has 0 bridgehead atoms. The van der Waals surface area contributed by atoms with Gasteiger partial charge in [0.05, 0.1) is 11.1 Å². The molecule has 2 aromatic carbocycles. The molecule has 8 heteroatoms. The van der Waals surface area contributed by atoms with Crippen LogP contribution in [0.5, 0.6) is 0 Å². The fourth-order valence-electron chi connectivity index (χ4n) is 2.27. The molecular formula is C15H14ClN3O3S. The molecule has 3 rings (SSSR count). The Morgan fingerprint density at radius 2 is 1.65 bits per heavy atom. The third kappa shape index (κ3) is 3.76. The van der Waals surface area contributed by atoms with E-state index in [9.17, 15) is 13.2 Å². The monoisotopic (exact) mass is 351 g/mol. The number of nitrogens with zero attached hydrogens (tertiary/aromatic N) is 1. The summed E-state index contributed by atoms with van der Waals surface area (Å²) in [6.07, 6.45) is 0. The Morgan fingerprint density at radius 3 is 2.30 bits per heavy atom. The fraction of sp³-hybridized carbons (Fsp3) is 0.0667. The van der Waals surface area contributed by atoms with Crippen molar-refractivity contribution in [1.82, 2.24) is 14.9 Å². The third-order valence-electron chi connectivity index (χ3n) is 3.34. The first kappa shape index (κ1) is 17.1. The molecule has 0 atom stereocenters. The van der Waals surface area contributed by atoms with Crippen molar-refractivity contribution in [3.8, 4) is 11.3 Å². The topological polar surface area (TPSA) is 91.9 Å². The summed E-state index contributed by atoms with van der Waals surface area (Å²) in [6.45, 7) is 0.249. The highest BCUT2D eigenvalue weighted by Crippen LogP contribution is 2.24. The molecule has 3 aromatic rings. The van der Waals surface area contributed by atoms with Crippen molar-refractivity contribution in [3.63, 3.8) is 0 Å². The van der Waals surface area contributed by atoms with E-state index in [1.54, 1.807) is 12.1 Å². The first-order valence-corrected chi connectivity index (χ1v) is 7.77. The van der Waals surface area contributed by atoms with E-state index >= 15 is 0 Å². The van der Waals surface area contributed by atoms with Gasteiger partial charge in [-0.05, 0) is 11.6 Å². The molecule has 120 valence electrons. The van der Waals surface area contributed by atoms with Crippen LogP contribution in [0.4, 0.5) is 0 Å². The molecule has 1 aromatic heterocycles. The van der Waals surface area contributed by atoms with Gasteiger partial charge in [-0.25, -0.2) is 18.2 Å². The highest BCUT2D eigenvalue weighted by Gasteiger charge is 2.08. The van der Waals surface area contributed by atoms with Crippen molar-refractivity contribution in [3.05, 3.63) is 64.4 Å². The molecule has 1 heterocycles. The van der Waals surface area contributed by atoms with E-state index in [2.05, 4.69) is 14.9 Å². The van der Waals surface area contributed by atoms with Gasteiger partial charge in [-0.15, -0.1) is 12.4 Å². The Hall–Kier alpha value is -2.22. The van der Waals surface area contributed by atoms with E-state index in [-0.39, 0.29) is 24.5 Å². The predicted molar refractivity (Wildman–Crippen MR) is 92.2 cm³/mol. The number of hydrogen-bond acceptors (Lipinski definition) is 4. The van der Waals surface area contributed by atoms with E-state index < -0.39 is 10.9 Å². The van der Waals surface area contributed by atoms with Crippen LogP contribution in [-0.4, -0.2) is 18.6 Å². The van der Waals surface area contributed by atoms with Gasteiger partial charge in [0.15, 0.2) is 0 Å². The highest BCUT2D eigenvalue weighted by molar-refractivity contribution is 7.70. The summed E-state index contributed by atoms with van der Waals surface area (Å²) < 4.78 is 23.4. The Bertz CT molecular complexity index is 944. The Kier molecular flexibility index (Phi) is 5.49. The van der Waals surface area contributed by atoms with Crippen LogP contribution in [0.25, 0.3) is 22.0 Å². The zero-order valence-corrected chi connectivity index (χ0v) is 13.6. The SMILES string of the molecule is Cl.O=c1[nH]nc(-c2ccc(CN[SH](=O)=O)cc2)c2ccccc12. The van der Waals surface area contributed by atoms with Crippen LogP contribution in [0, 0.1) is 0 Å². The minimum absolute atomic E-state index is 0. The number of aromatic amines is 1. The van der Waals surface area contributed by atoms with Crippen LogP contribution in [0.15, 0.2) is 53.3 Å². The first-order chi connectivity index (χ1) is 10.6. The molecule has 0 spiro atoms. The summed E-state index contributed by atoms with van der Waals surface area (Å²) in [5, 5.41) is 7.99. The Morgan fingerprint density at radius 1 is 1.00 bits per heavy atom. The summed E-state index contributed by atoms with van der Waals surface area (Å²) in [4.78, 5) is 11.8. The second-order valence-electron chi connectivity index (χ2n) is 4.74. The van der Waals surface area contributed by atoms with E-state index in [4.69, 9.17) is 0 Å². The van der Waals surface area contributed by atoms with Gasteiger partial charge in [0, 0.05) is 17.5 Å². The van der Waals surface area contributed by atoms with E-state index in [1.165, 1.54) is 0 Å². The quantitative estimate of drug-likeness (QED) is 0.623. The van der Waals surface area contributed by atoms with Gasteiger partial charge >= 0.3 is 0 Å². The lowest BCUT2D eigenvalue weighted by molar-refractivity contribution is 0.601. The number of fused-ring (bicyclic) bond motifs is 1. The molecule has 6 nitrogen and oxygen atoms in total. The van der Waals surface area contributed by atoms with Crippen LogP contribution in [0.3, 0.4) is 0 Å². The molecule has 0 aliphatic rings. The zero-order valence-electron chi connectivity index (χ0n) is 11.9. The third-order valence-corrected chi connectivity index (χ3v) is 3.75. The second-order valence-corrected chi connectivity index (χ2v) is 5.57. The maximum Gasteiger partial charge on any atom is 0.272 e. The minimum atomic E-state index is -2.60. The van der Waals surface area contributed by atoms with Gasteiger partial charge in [-0.3, -0.25) is 4.79 Å². The van der Waals surface area contributed by atoms with Crippen molar-refractivity contribution < 1.29 is 8.42 Å². The molecule has 0 saturated heterocycles. The number of rotatable bonds is 4. The Labute approximate surface area is 140 Å². The molecule has 0 aliphatic heterocycles. The molecule has 0 amide bonds. The van der Waals surface area contributed by atoms with Crippen molar-refractivity contribution >= 4 is 34.1 Å². The van der Waals surface area contributed by atoms with Gasteiger partial charge in [0.1, 0.15) is 0 Å². The van der Waals surface area contributed by atoms with Crippen molar-refractivity contribution in [2.45, 2.75) is 6.54 Å². The van der Waals surface area contributed by atoms with Gasteiger partial charge in [0.2, 0.25) is 10.9 Å². The summed E-state index contributed by atoms with van der Waals surface area (Å²) in [5.41, 5.74) is 2.16. The van der Waals surface area contributed by atoms with E-state index in [0.29, 0.717) is 11.1 Å². The predicted octanol–water partition coefficient (Wildman–Crippen LogP) is 1.63. The lowest BCUT2D eigenvalue weighted by Gasteiger charge is -2.06. The normalized spacial score (nSPS) is 10.7. The number of hydrogen-bond donors (Lipinski definition) is 3. The van der Waals surface area contributed by atoms with Crippen molar-refractivity contribution in [2.24, 2.45) is 0 Å². The van der Waals surface area contributed by atoms with Crippen LogP contribution < -0.4 is 10.3 Å². The summed E-state index contributed by atoms with van der Waals surface area (Å²) >= 11 is 0. The number of aromatic nitrogens is 2. The van der Waals surface area contributed by atoms with Gasteiger partial charge in [-0.1, -0.05) is 42.5 Å². The van der Waals surface area contributed by atoms with Crippen molar-refractivity contribution in [2.75, 3.05) is 0 Å². The molecule has 0 saturated carbocycles. The average molecular weight is 352 g/mol. The van der Waals surface area contributed by atoms with Crippen LogP contribution in [-0.2, 0) is 17.4 Å². The number of halogens is 1. The first-order valence-electron chi connectivity index (χ1n) is 6.60. The standard InChI is InChI=1S/C15H13N3O3S.ClH/c19-15-13-4-2-1-3-12(13)14(17-18-15)11-7-5-10(6-8-11)9-16-22(20)21;/h1-8,22H,9H2,(H,18,19)(H,16,20,21);1H. The number of thiol groups is 1. The highest BCUT2D eigenvalue weighted by atomic mass is 35.5. The average Bonchev–Trinajstić information content (AvgIpc) is 2.54. The number of nitrogens with one attached hydrogen (secondary N) is 2. The summed E-state index contributed by atoms with van der Waals surface area (Å²) in [5.74, 6) is 0. The van der Waals surface area contributed by atoms with Gasteiger partial charge < -0.3 is 0 Å². The largest absolute Gasteiger partial charge is 0.272 e. The lowest BCUT2D eigenvalue weighted by atomic mass is 10.0. The molecule has 0 radical (unpaired) electrons. The summed E-state index contributed by atoms with van der Waals surface area (Å²) in [6, 6.07) is 14.6. The number of H-pyrrole nitrogens is 1. The van der Waals surface area contributed by atoms with Crippen molar-refractivity contribution in [1.29, 1.82) is 0 Å². The maximum atomic E-state index is 11.8. The lowest BCUT2D eigenvalue weighted by Crippen LogP contribution is -2.10.